The molecule has 7 nitrogen and oxygen atoms in total. The molecule has 0 radical (unpaired) electrons. The Labute approximate surface area is 129 Å². The molecule has 8 heteroatoms. The van der Waals surface area contributed by atoms with Gasteiger partial charge in [-0.1, -0.05) is 13.8 Å². The Morgan fingerprint density at radius 1 is 1.41 bits per heavy atom. The highest BCUT2D eigenvalue weighted by Crippen LogP contribution is 2.13. The van der Waals surface area contributed by atoms with E-state index in [1.54, 1.807) is 6.07 Å². The van der Waals surface area contributed by atoms with Crippen LogP contribution in [0.1, 0.15) is 42.9 Å². The maximum atomic E-state index is 12.2. The summed E-state index contributed by atoms with van der Waals surface area (Å²) in [4.78, 5) is 30.1. The second-order valence-corrected chi connectivity index (χ2v) is 8.40. The number of aromatic amines is 1. The van der Waals surface area contributed by atoms with Crippen LogP contribution in [0.25, 0.3) is 0 Å². The van der Waals surface area contributed by atoms with Gasteiger partial charge in [0, 0.05) is 11.7 Å². The van der Waals surface area contributed by atoms with Crippen LogP contribution in [0.2, 0.25) is 0 Å². The molecule has 1 saturated heterocycles. The molecule has 1 aromatic heterocycles. The van der Waals surface area contributed by atoms with Crippen LogP contribution in [0.5, 0.6) is 0 Å². The van der Waals surface area contributed by atoms with Gasteiger partial charge < -0.3 is 10.3 Å². The Kier molecular flexibility index (Phi) is 5.00. The van der Waals surface area contributed by atoms with Gasteiger partial charge in [-0.2, -0.15) is 4.98 Å². The number of aromatic nitrogens is 2. The summed E-state index contributed by atoms with van der Waals surface area (Å²) in [6.45, 7) is 4.03. The fourth-order valence-electron chi connectivity index (χ4n) is 2.47. The van der Waals surface area contributed by atoms with Crippen molar-refractivity contribution in [1.82, 2.24) is 15.3 Å². The van der Waals surface area contributed by atoms with Gasteiger partial charge in [-0.15, -0.1) is 0 Å². The van der Waals surface area contributed by atoms with Gasteiger partial charge in [0.2, 0.25) is 0 Å². The molecule has 1 aliphatic heterocycles. The molecule has 0 saturated carbocycles. The standard InChI is InChI=1S/C14H21N3O4S/c1-9(2)7-11-8-12(17-14(19)16-11)13(18)15-10-3-5-22(20,21)6-4-10/h8-10H,3-7H2,1-2H3,(H,15,18)(H,16,17,19). The van der Waals surface area contributed by atoms with E-state index in [-0.39, 0.29) is 23.2 Å². The predicted octanol–water partition coefficient (Wildman–Crippen LogP) is 0.275. The van der Waals surface area contributed by atoms with Crippen molar-refractivity contribution < 1.29 is 13.2 Å². The molecule has 0 atom stereocenters. The number of hydrogen-bond donors (Lipinski definition) is 2. The fourth-order valence-corrected chi connectivity index (χ4v) is 3.96. The van der Waals surface area contributed by atoms with Crippen molar-refractivity contribution >= 4 is 15.7 Å². The smallest absolute Gasteiger partial charge is 0.345 e. The van der Waals surface area contributed by atoms with Gasteiger partial charge in [0.05, 0.1) is 11.5 Å². The van der Waals surface area contributed by atoms with Crippen molar-refractivity contribution in [2.75, 3.05) is 11.5 Å². The van der Waals surface area contributed by atoms with E-state index in [9.17, 15) is 18.0 Å². The minimum absolute atomic E-state index is 0.0767. The maximum Gasteiger partial charge on any atom is 0.345 e. The molecule has 122 valence electrons. The second kappa shape index (κ2) is 6.60. The summed E-state index contributed by atoms with van der Waals surface area (Å²) in [5.74, 6) is 0.0801. The highest BCUT2D eigenvalue weighted by molar-refractivity contribution is 7.91. The quantitative estimate of drug-likeness (QED) is 0.825. The number of carbonyl (C=O) groups excluding carboxylic acids is 1. The molecule has 2 rings (SSSR count). The molecule has 0 spiro atoms. The van der Waals surface area contributed by atoms with E-state index < -0.39 is 21.4 Å². The number of nitrogens with one attached hydrogen (secondary N) is 2. The van der Waals surface area contributed by atoms with E-state index in [4.69, 9.17) is 0 Å². The average molecular weight is 327 g/mol. The van der Waals surface area contributed by atoms with E-state index in [1.807, 2.05) is 13.8 Å². The van der Waals surface area contributed by atoms with E-state index in [0.29, 0.717) is 30.9 Å². The SMILES string of the molecule is CC(C)Cc1cc(C(=O)NC2CCS(=O)(=O)CC2)nc(=O)[nH]1. The number of carbonyl (C=O) groups is 1. The van der Waals surface area contributed by atoms with Gasteiger partial charge in [0.1, 0.15) is 15.5 Å². The summed E-state index contributed by atoms with van der Waals surface area (Å²) in [6, 6.07) is 1.39. The van der Waals surface area contributed by atoms with Gasteiger partial charge in [0.15, 0.2) is 0 Å². The molecule has 2 heterocycles. The Bertz CT molecular complexity index is 695. The lowest BCUT2D eigenvalue weighted by Crippen LogP contribution is -2.41. The van der Waals surface area contributed by atoms with Crippen LogP contribution in [0, 0.1) is 5.92 Å². The minimum Gasteiger partial charge on any atom is -0.348 e. The Hall–Kier alpha value is -1.70. The largest absolute Gasteiger partial charge is 0.348 e. The summed E-state index contributed by atoms with van der Waals surface area (Å²) < 4.78 is 22.7. The number of amides is 1. The van der Waals surface area contributed by atoms with Crippen LogP contribution in [0.4, 0.5) is 0 Å². The van der Waals surface area contributed by atoms with Crippen molar-refractivity contribution in [3.05, 3.63) is 27.9 Å². The van der Waals surface area contributed by atoms with Crippen LogP contribution in [-0.4, -0.2) is 41.8 Å². The van der Waals surface area contributed by atoms with Crippen molar-refractivity contribution in [2.24, 2.45) is 5.92 Å². The normalized spacial score (nSPS) is 18.3. The third kappa shape index (κ3) is 4.66. The van der Waals surface area contributed by atoms with E-state index in [1.165, 1.54) is 0 Å². The third-order valence-corrected chi connectivity index (χ3v) is 5.27. The van der Waals surface area contributed by atoms with Crippen LogP contribution in [0.15, 0.2) is 10.9 Å². The first-order valence-corrected chi connectivity index (χ1v) is 9.19. The molecule has 1 amide bonds. The lowest BCUT2D eigenvalue weighted by atomic mass is 10.1. The van der Waals surface area contributed by atoms with Gasteiger partial charge >= 0.3 is 5.69 Å². The topological polar surface area (TPSA) is 109 Å². The van der Waals surface area contributed by atoms with Gasteiger partial charge in [0.25, 0.3) is 5.91 Å². The van der Waals surface area contributed by atoms with Crippen molar-refractivity contribution in [1.29, 1.82) is 0 Å². The first-order valence-electron chi connectivity index (χ1n) is 7.37. The zero-order valence-electron chi connectivity index (χ0n) is 12.8. The zero-order valence-corrected chi connectivity index (χ0v) is 13.6. The molecular formula is C14H21N3O4S. The van der Waals surface area contributed by atoms with Crippen molar-refractivity contribution in [2.45, 2.75) is 39.2 Å². The van der Waals surface area contributed by atoms with Crippen molar-refractivity contribution in [3.8, 4) is 0 Å². The lowest BCUT2D eigenvalue weighted by molar-refractivity contribution is 0.0928. The molecule has 0 unspecified atom stereocenters. The molecule has 0 aromatic carbocycles. The Morgan fingerprint density at radius 3 is 2.64 bits per heavy atom. The zero-order chi connectivity index (χ0) is 16.3. The van der Waals surface area contributed by atoms with Gasteiger partial charge in [-0.3, -0.25) is 4.79 Å². The molecule has 22 heavy (non-hydrogen) atoms. The summed E-state index contributed by atoms with van der Waals surface area (Å²) in [5.41, 5.74) is 0.203. The third-order valence-electron chi connectivity index (χ3n) is 3.55. The summed E-state index contributed by atoms with van der Waals surface area (Å²) in [7, 11) is -2.96. The number of hydrogen-bond acceptors (Lipinski definition) is 5. The Morgan fingerprint density at radius 2 is 2.05 bits per heavy atom. The van der Waals surface area contributed by atoms with E-state index in [2.05, 4.69) is 15.3 Å². The molecule has 1 aromatic rings. The molecule has 0 bridgehead atoms. The number of H-pyrrole nitrogens is 1. The monoisotopic (exact) mass is 327 g/mol. The molecule has 2 N–H and O–H groups in total. The van der Waals surface area contributed by atoms with Crippen LogP contribution in [-0.2, 0) is 16.3 Å². The van der Waals surface area contributed by atoms with Crippen molar-refractivity contribution in [3.63, 3.8) is 0 Å². The number of nitrogens with zero attached hydrogens (tertiary/aromatic N) is 1. The van der Waals surface area contributed by atoms with E-state index >= 15 is 0 Å². The highest BCUT2D eigenvalue weighted by Gasteiger charge is 2.25. The Balaban J connectivity index is 2.06. The number of rotatable bonds is 4. The van der Waals surface area contributed by atoms with Crippen LogP contribution >= 0.6 is 0 Å². The summed E-state index contributed by atoms with van der Waals surface area (Å²) in [6.07, 6.45) is 1.45. The molecule has 0 aliphatic carbocycles. The molecular weight excluding hydrogens is 306 g/mol. The summed E-state index contributed by atoms with van der Waals surface area (Å²) >= 11 is 0. The maximum absolute atomic E-state index is 12.2. The van der Waals surface area contributed by atoms with Gasteiger partial charge in [-0.25, -0.2) is 13.2 Å². The molecule has 1 aliphatic rings. The minimum atomic E-state index is -2.96. The van der Waals surface area contributed by atoms with Crippen LogP contribution in [0.3, 0.4) is 0 Å². The predicted molar refractivity (Wildman–Crippen MR) is 82.5 cm³/mol. The van der Waals surface area contributed by atoms with E-state index in [0.717, 1.165) is 0 Å². The summed E-state index contributed by atoms with van der Waals surface area (Å²) in [5, 5.41) is 2.76. The lowest BCUT2D eigenvalue weighted by Gasteiger charge is -2.22. The first kappa shape index (κ1) is 16.7. The fraction of sp³-hybridized carbons (Fsp3) is 0.643. The van der Waals surface area contributed by atoms with Crippen LogP contribution < -0.4 is 11.0 Å². The highest BCUT2D eigenvalue weighted by atomic mass is 32.2. The second-order valence-electron chi connectivity index (χ2n) is 6.09. The average Bonchev–Trinajstić information content (AvgIpc) is 2.39. The number of sulfone groups is 1. The van der Waals surface area contributed by atoms with Gasteiger partial charge in [-0.05, 0) is 31.2 Å². The molecule has 1 fully saturated rings. The first-order chi connectivity index (χ1) is 10.2.